The first-order valence-corrected chi connectivity index (χ1v) is 11.8. The van der Waals surface area contributed by atoms with E-state index in [1.165, 1.54) is 37.0 Å². The van der Waals surface area contributed by atoms with Crippen molar-refractivity contribution < 1.29 is 92.5 Å². The van der Waals surface area contributed by atoms with E-state index in [0.717, 1.165) is 32.1 Å². The second kappa shape index (κ2) is 9.80. The first kappa shape index (κ1) is 26.4. The third kappa shape index (κ3) is 4.22. The standard InChI is InChI=1S/C21H27O7P.2Na/c1-25-21(16-8-4-9-17(13-16)26-29(22,23)24)20(27-28-21)15-7-5-11-19(20)18-10-3-2-6-14(18)12-15;;/h4,8-9,13,15,19H,2-3,5-7,10-12H2,1H3,(H2,22,23,24);;/q;2*+1/p-2. The number of fused-ring (bicyclic) bond motifs is 1. The Labute approximate surface area is 227 Å². The van der Waals surface area contributed by atoms with Crippen LogP contribution in [0.1, 0.15) is 56.9 Å². The number of methoxy groups -OCH3 is 1. The molecule has 1 heterocycles. The topological polar surface area (TPSA) is 100 Å². The van der Waals surface area contributed by atoms with Crippen molar-refractivity contribution in [2.45, 2.75) is 62.8 Å². The van der Waals surface area contributed by atoms with Crippen molar-refractivity contribution in [3.63, 3.8) is 0 Å². The number of rotatable bonds is 4. The van der Waals surface area contributed by atoms with Crippen LogP contribution in [0, 0.1) is 11.8 Å². The Bertz CT molecular complexity index is 899. The average Bonchev–Trinajstić information content (AvgIpc) is 2.66. The van der Waals surface area contributed by atoms with Crippen molar-refractivity contribution in [1.29, 1.82) is 0 Å². The molecule has 0 aromatic heterocycles. The molecule has 7 nitrogen and oxygen atoms in total. The van der Waals surface area contributed by atoms with Gasteiger partial charge >= 0.3 is 59.1 Å². The number of ether oxygens (including phenoxy) is 1. The maximum atomic E-state index is 11.1. The predicted octanol–water partition coefficient (Wildman–Crippen LogP) is -2.91. The van der Waals surface area contributed by atoms with Crippen molar-refractivity contribution in [3.05, 3.63) is 41.0 Å². The largest absolute Gasteiger partial charge is 1.00 e. The van der Waals surface area contributed by atoms with E-state index in [1.807, 2.05) is 6.07 Å². The van der Waals surface area contributed by atoms with Crippen LogP contribution in [-0.4, -0.2) is 12.7 Å². The molecule has 1 saturated heterocycles. The molecule has 158 valence electrons. The minimum absolute atomic E-state index is 0. The number of allylic oxidation sites excluding steroid dienone is 1. The van der Waals surface area contributed by atoms with Gasteiger partial charge in [-0.3, -0.25) is 0 Å². The average molecular weight is 466 g/mol. The van der Waals surface area contributed by atoms with Crippen LogP contribution in [0.2, 0.25) is 0 Å². The van der Waals surface area contributed by atoms with E-state index in [-0.39, 0.29) is 76.7 Å². The third-order valence-corrected chi connectivity index (χ3v) is 7.68. The summed E-state index contributed by atoms with van der Waals surface area (Å²) >= 11 is 0. The SMILES string of the molecule is COC1(c2cccc(OP(=O)([O-])[O-])c2)OOC12C1CCCC2C2=C(CCCC2)C1.[Na+].[Na+]. The molecule has 0 amide bonds. The number of hydrogen-bond acceptors (Lipinski definition) is 7. The van der Waals surface area contributed by atoms with Crippen molar-refractivity contribution in [2.75, 3.05) is 7.11 Å². The van der Waals surface area contributed by atoms with Crippen molar-refractivity contribution >= 4 is 7.82 Å². The van der Waals surface area contributed by atoms with Gasteiger partial charge in [-0.25, -0.2) is 4.89 Å². The Balaban J connectivity index is 0.00000136. The van der Waals surface area contributed by atoms with Gasteiger partial charge in [-0.2, -0.15) is 4.89 Å². The molecule has 5 rings (SSSR count). The van der Waals surface area contributed by atoms with Crippen LogP contribution in [-0.2, 0) is 24.9 Å². The quantitative estimate of drug-likeness (QED) is 0.203. The minimum atomic E-state index is -5.16. The van der Waals surface area contributed by atoms with Crippen LogP contribution in [0.4, 0.5) is 0 Å². The summed E-state index contributed by atoms with van der Waals surface area (Å²) in [7, 11) is -3.57. The van der Waals surface area contributed by atoms with E-state index in [4.69, 9.17) is 14.5 Å². The van der Waals surface area contributed by atoms with Gasteiger partial charge in [0.15, 0.2) is 5.60 Å². The van der Waals surface area contributed by atoms with Crippen LogP contribution < -0.4 is 73.4 Å². The summed E-state index contributed by atoms with van der Waals surface area (Å²) in [6, 6.07) is 6.39. The summed E-state index contributed by atoms with van der Waals surface area (Å²) in [4.78, 5) is 33.9. The zero-order chi connectivity index (χ0) is 20.3. The summed E-state index contributed by atoms with van der Waals surface area (Å²) < 4.78 is 21.7. The molecule has 31 heavy (non-hydrogen) atoms. The zero-order valence-corrected chi connectivity index (χ0v) is 23.3. The monoisotopic (exact) mass is 466 g/mol. The molecule has 4 atom stereocenters. The van der Waals surface area contributed by atoms with Gasteiger partial charge in [-0.15, -0.1) is 0 Å². The maximum Gasteiger partial charge on any atom is 1.00 e. The van der Waals surface area contributed by atoms with Crippen LogP contribution in [0.3, 0.4) is 0 Å². The Morgan fingerprint density at radius 2 is 1.87 bits per heavy atom. The van der Waals surface area contributed by atoms with Gasteiger partial charge in [0.05, 0.1) is 0 Å². The molecular weight excluding hydrogens is 441 g/mol. The molecule has 1 spiro atoms. The molecule has 1 aromatic rings. The van der Waals surface area contributed by atoms with E-state index in [0.29, 0.717) is 5.56 Å². The van der Waals surface area contributed by atoms with Crippen molar-refractivity contribution in [1.82, 2.24) is 0 Å². The van der Waals surface area contributed by atoms with Gasteiger partial charge in [0.2, 0.25) is 0 Å². The summed E-state index contributed by atoms with van der Waals surface area (Å²) in [6.45, 7) is 0. The minimum Gasteiger partial charge on any atom is -0.780 e. The number of phosphoric ester groups is 1. The summed E-state index contributed by atoms with van der Waals surface area (Å²) in [5.41, 5.74) is 3.06. The summed E-state index contributed by atoms with van der Waals surface area (Å²) in [6.07, 6.45) is 8.92. The molecule has 1 aliphatic heterocycles. The smallest absolute Gasteiger partial charge is 0.780 e. The van der Waals surface area contributed by atoms with Crippen LogP contribution in [0.5, 0.6) is 5.75 Å². The summed E-state index contributed by atoms with van der Waals surface area (Å²) in [5.74, 6) is -0.722. The zero-order valence-electron chi connectivity index (χ0n) is 18.4. The summed E-state index contributed by atoms with van der Waals surface area (Å²) in [5, 5.41) is 0. The fraction of sp³-hybridized carbons (Fsp3) is 0.619. The Kier molecular flexibility index (Phi) is 8.35. The van der Waals surface area contributed by atoms with Gasteiger partial charge in [-0.1, -0.05) is 29.7 Å². The molecule has 4 unspecified atom stereocenters. The number of benzene rings is 1. The first-order chi connectivity index (χ1) is 13.9. The van der Waals surface area contributed by atoms with Gasteiger partial charge < -0.3 is 23.6 Å². The van der Waals surface area contributed by atoms with Crippen LogP contribution >= 0.6 is 7.82 Å². The molecular formula is C21H25Na2O7P. The van der Waals surface area contributed by atoms with Gasteiger partial charge in [-0.05, 0) is 57.1 Å². The molecule has 2 fully saturated rings. The number of phosphoric acid groups is 1. The second-order valence-electron chi connectivity index (χ2n) is 8.57. The second-order valence-corrected chi connectivity index (χ2v) is 9.64. The molecule has 0 N–H and O–H groups in total. The molecule has 2 bridgehead atoms. The van der Waals surface area contributed by atoms with E-state index >= 15 is 0 Å². The fourth-order valence-electron chi connectivity index (χ4n) is 6.22. The Hall–Kier alpha value is 0.790. The predicted molar refractivity (Wildman–Crippen MR) is 99.2 cm³/mol. The number of hydrogen-bond donors (Lipinski definition) is 0. The molecule has 4 aliphatic rings. The molecule has 1 saturated carbocycles. The fourth-order valence-corrected chi connectivity index (χ4v) is 6.59. The van der Waals surface area contributed by atoms with E-state index in [9.17, 15) is 14.4 Å². The van der Waals surface area contributed by atoms with E-state index in [2.05, 4.69) is 4.52 Å². The van der Waals surface area contributed by atoms with Gasteiger partial charge in [0.25, 0.3) is 5.79 Å². The van der Waals surface area contributed by atoms with Crippen LogP contribution in [0.15, 0.2) is 35.4 Å². The Morgan fingerprint density at radius 3 is 2.55 bits per heavy atom. The third-order valence-electron chi connectivity index (χ3n) is 7.24. The van der Waals surface area contributed by atoms with Gasteiger partial charge in [0.1, 0.15) is 13.6 Å². The van der Waals surface area contributed by atoms with Crippen molar-refractivity contribution in [2.24, 2.45) is 11.8 Å². The van der Waals surface area contributed by atoms with E-state index in [1.54, 1.807) is 18.7 Å². The molecule has 10 heteroatoms. The first-order valence-electron chi connectivity index (χ1n) is 10.3. The van der Waals surface area contributed by atoms with E-state index < -0.39 is 19.2 Å². The molecule has 3 aliphatic carbocycles. The maximum absolute atomic E-state index is 11.1. The Morgan fingerprint density at radius 1 is 1.10 bits per heavy atom. The van der Waals surface area contributed by atoms with Crippen LogP contribution in [0.25, 0.3) is 0 Å². The normalized spacial score (nSPS) is 34.2. The van der Waals surface area contributed by atoms with Gasteiger partial charge in [0, 0.05) is 24.5 Å². The molecule has 0 radical (unpaired) electrons. The molecule has 1 aromatic carbocycles. The van der Waals surface area contributed by atoms with Crippen molar-refractivity contribution in [3.8, 4) is 5.75 Å².